The zero-order valence-corrected chi connectivity index (χ0v) is 13.5. The predicted molar refractivity (Wildman–Crippen MR) is 98.2 cm³/mol. The molecular formula is C21H17NO3. The van der Waals surface area contributed by atoms with Gasteiger partial charge in [0, 0.05) is 12.1 Å². The lowest BCUT2D eigenvalue weighted by atomic mass is 9.99. The summed E-state index contributed by atoms with van der Waals surface area (Å²) >= 11 is 0. The van der Waals surface area contributed by atoms with Crippen molar-refractivity contribution in [2.45, 2.75) is 6.54 Å². The van der Waals surface area contributed by atoms with Gasteiger partial charge in [0.15, 0.2) is 0 Å². The zero-order valence-electron chi connectivity index (χ0n) is 13.5. The minimum atomic E-state index is -0.972. The molecule has 4 heteroatoms. The molecule has 4 nitrogen and oxygen atoms in total. The van der Waals surface area contributed by atoms with Gasteiger partial charge in [0.25, 0.3) is 5.91 Å². The lowest BCUT2D eigenvalue weighted by Crippen LogP contribution is -2.23. The molecule has 0 radical (unpaired) electrons. The van der Waals surface area contributed by atoms with E-state index in [9.17, 15) is 9.59 Å². The van der Waals surface area contributed by atoms with Crippen molar-refractivity contribution >= 4 is 28.2 Å². The molecule has 0 aromatic heterocycles. The number of rotatable bonds is 5. The Morgan fingerprint density at radius 3 is 2.32 bits per heavy atom. The van der Waals surface area contributed by atoms with E-state index in [1.54, 1.807) is 12.1 Å². The molecule has 124 valence electrons. The van der Waals surface area contributed by atoms with E-state index in [4.69, 9.17) is 5.11 Å². The molecule has 0 unspecified atom stereocenters. The molecule has 3 rings (SSSR count). The summed E-state index contributed by atoms with van der Waals surface area (Å²) < 4.78 is 0. The molecule has 0 aliphatic rings. The molecule has 3 aromatic rings. The van der Waals surface area contributed by atoms with Crippen LogP contribution in [-0.2, 0) is 11.3 Å². The van der Waals surface area contributed by atoms with Crippen molar-refractivity contribution in [1.29, 1.82) is 0 Å². The molecule has 0 bridgehead atoms. The van der Waals surface area contributed by atoms with Crippen molar-refractivity contribution in [1.82, 2.24) is 5.32 Å². The smallest absolute Gasteiger partial charge is 0.335 e. The Morgan fingerprint density at radius 2 is 1.60 bits per heavy atom. The number of carbonyl (C=O) groups is 2. The van der Waals surface area contributed by atoms with Crippen LogP contribution in [0.25, 0.3) is 16.3 Å². The molecule has 0 saturated carbocycles. The molecule has 0 atom stereocenters. The van der Waals surface area contributed by atoms with Crippen LogP contribution < -0.4 is 5.32 Å². The van der Waals surface area contributed by atoms with Gasteiger partial charge in [0.1, 0.15) is 0 Å². The number of benzene rings is 3. The number of nitrogens with one attached hydrogen (secondary N) is 1. The van der Waals surface area contributed by atoms with Gasteiger partial charge in [-0.3, -0.25) is 4.79 Å². The summed E-state index contributed by atoms with van der Waals surface area (Å²) in [5, 5.41) is 13.8. The van der Waals surface area contributed by atoms with Crippen molar-refractivity contribution < 1.29 is 14.7 Å². The fraction of sp³-hybridized carbons (Fsp3) is 0.0476. The van der Waals surface area contributed by atoms with E-state index in [-0.39, 0.29) is 11.5 Å². The predicted octanol–water partition coefficient (Wildman–Crippen LogP) is 3.87. The first kappa shape index (κ1) is 16.5. The molecule has 0 saturated heterocycles. The zero-order chi connectivity index (χ0) is 17.8. The SMILES string of the molecule is C=C(C(=O)NCc1ccc(C(=O)O)cc1)c1cccc2ccccc12. The average molecular weight is 331 g/mol. The first-order valence-corrected chi connectivity index (χ1v) is 7.84. The Kier molecular flexibility index (Phi) is 4.61. The van der Waals surface area contributed by atoms with Gasteiger partial charge in [-0.25, -0.2) is 4.79 Å². The van der Waals surface area contributed by atoms with Crippen LogP contribution in [0.5, 0.6) is 0 Å². The van der Waals surface area contributed by atoms with Crippen LogP contribution in [-0.4, -0.2) is 17.0 Å². The average Bonchev–Trinajstić information content (AvgIpc) is 2.65. The monoisotopic (exact) mass is 331 g/mol. The van der Waals surface area contributed by atoms with Gasteiger partial charge in [0.05, 0.1) is 5.56 Å². The highest BCUT2D eigenvalue weighted by atomic mass is 16.4. The molecule has 0 aliphatic heterocycles. The van der Waals surface area contributed by atoms with E-state index in [1.807, 2.05) is 42.5 Å². The first-order valence-electron chi connectivity index (χ1n) is 7.84. The quantitative estimate of drug-likeness (QED) is 0.698. The topological polar surface area (TPSA) is 66.4 Å². The standard InChI is InChI=1S/C21H17NO3/c1-14(18-8-4-6-16-5-2-3-7-19(16)18)20(23)22-13-15-9-11-17(12-10-15)21(24)25/h2-12H,1,13H2,(H,22,23)(H,24,25). The fourth-order valence-corrected chi connectivity index (χ4v) is 2.67. The molecule has 0 aliphatic carbocycles. The summed E-state index contributed by atoms with van der Waals surface area (Å²) in [6.45, 7) is 4.24. The third-order valence-corrected chi connectivity index (χ3v) is 4.04. The van der Waals surface area contributed by atoms with Gasteiger partial charge in [-0.2, -0.15) is 0 Å². The molecule has 0 spiro atoms. The van der Waals surface area contributed by atoms with E-state index in [2.05, 4.69) is 11.9 Å². The largest absolute Gasteiger partial charge is 0.478 e. The third-order valence-electron chi connectivity index (χ3n) is 4.04. The highest BCUT2D eigenvalue weighted by molar-refractivity contribution is 6.21. The van der Waals surface area contributed by atoms with Gasteiger partial charge >= 0.3 is 5.97 Å². The summed E-state index contributed by atoms with van der Waals surface area (Å²) in [5.41, 5.74) is 2.25. The summed E-state index contributed by atoms with van der Waals surface area (Å²) in [4.78, 5) is 23.3. The van der Waals surface area contributed by atoms with Gasteiger partial charge in [-0.1, -0.05) is 61.2 Å². The van der Waals surface area contributed by atoms with E-state index in [0.717, 1.165) is 21.9 Å². The second-order valence-corrected chi connectivity index (χ2v) is 5.69. The molecular weight excluding hydrogens is 314 g/mol. The first-order chi connectivity index (χ1) is 12.1. The Balaban J connectivity index is 1.72. The lowest BCUT2D eigenvalue weighted by molar-refractivity contribution is -0.115. The summed E-state index contributed by atoms with van der Waals surface area (Å²) in [6.07, 6.45) is 0. The molecule has 0 fully saturated rings. The number of amides is 1. The van der Waals surface area contributed by atoms with Gasteiger partial charge in [-0.15, -0.1) is 0 Å². The van der Waals surface area contributed by atoms with E-state index < -0.39 is 5.97 Å². The van der Waals surface area contributed by atoms with Gasteiger partial charge in [0.2, 0.25) is 0 Å². The number of carbonyl (C=O) groups excluding carboxylic acids is 1. The Hall–Kier alpha value is -3.40. The Morgan fingerprint density at radius 1 is 0.920 bits per heavy atom. The van der Waals surface area contributed by atoms with E-state index in [0.29, 0.717) is 12.1 Å². The highest BCUT2D eigenvalue weighted by Gasteiger charge is 2.12. The van der Waals surface area contributed by atoms with Gasteiger partial charge in [-0.05, 0) is 34.0 Å². The maximum atomic E-state index is 12.4. The maximum absolute atomic E-state index is 12.4. The molecule has 1 amide bonds. The van der Waals surface area contributed by atoms with E-state index >= 15 is 0 Å². The molecule has 2 N–H and O–H groups in total. The number of carboxylic acid groups (broad SMARTS) is 1. The fourth-order valence-electron chi connectivity index (χ4n) is 2.67. The third kappa shape index (κ3) is 3.58. The van der Waals surface area contributed by atoms with Crippen molar-refractivity contribution in [2.24, 2.45) is 0 Å². The second-order valence-electron chi connectivity index (χ2n) is 5.69. The van der Waals surface area contributed by atoms with Crippen LogP contribution in [0.1, 0.15) is 21.5 Å². The number of hydrogen-bond acceptors (Lipinski definition) is 2. The highest BCUT2D eigenvalue weighted by Crippen LogP contribution is 2.24. The van der Waals surface area contributed by atoms with Crippen molar-refractivity contribution in [2.75, 3.05) is 0 Å². The summed E-state index contributed by atoms with van der Waals surface area (Å²) in [6, 6.07) is 20.0. The molecule has 25 heavy (non-hydrogen) atoms. The van der Waals surface area contributed by atoms with Crippen LogP contribution in [0.2, 0.25) is 0 Å². The lowest BCUT2D eigenvalue weighted by Gasteiger charge is -2.11. The molecule has 3 aromatic carbocycles. The second kappa shape index (κ2) is 7.01. The van der Waals surface area contributed by atoms with Crippen molar-refractivity contribution in [3.63, 3.8) is 0 Å². The normalized spacial score (nSPS) is 10.4. The van der Waals surface area contributed by atoms with E-state index in [1.165, 1.54) is 12.1 Å². The number of aromatic carboxylic acids is 1. The van der Waals surface area contributed by atoms with Gasteiger partial charge < -0.3 is 10.4 Å². The number of hydrogen-bond donors (Lipinski definition) is 2. The van der Waals surface area contributed by atoms with Crippen molar-refractivity contribution in [3.05, 3.63) is 90.0 Å². The Labute approximate surface area is 145 Å². The number of carboxylic acids is 1. The van der Waals surface area contributed by atoms with Crippen LogP contribution in [0.3, 0.4) is 0 Å². The number of fused-ring (bicyclic) bond motifs is 1. The maximum Gasteiger partial charge on any atom is 0.335 e. The van der Waals surface area contributed by atoms with Crippen LogP contribution in [0.15, 0.2) is 73.3 Å². The minimum absolute atomic E-state index is 0.218. The Bertz CT molecular complexity index is 953. The summed E-state index contributed by atoms with van der Waals surface area (Å²) in [5.74, 6) is -1.22. The van der Waals surface area contributed by atoms with Crippen LogP contribution >= 0.6 is 0 Å². The van der Waals surface area contributed by atoms with Crippen LogP contribution in [0, 0.1) is 0 Å². The van der Waals surface area contributed by atoms with Crippen molar-refractivity contribution in [3.8, 4) is 0 Å². The van der Waals surface area contributed by atoms with Crippen LogP contribution in [0.4, 0.5) is 0 Å². The minimum Gasteiger partial charge on any atom is -0.478 e. The summed E-state index contributed by atoms with van der Waals surface area (Å²) in [7, 11) is 0. The molecule has 0 heterocycles.